The summed E-state index contributed by atoms with van der Waals surface area (Å²) in [6.07, 6.45) is 0.888. The fourth-order valence-corrected chi connectivity index (χ4v) is 5.31. The van der Waals surface area contributed by atoms with E-state index in [4.69, 9.17) is 14.8 Å². The minimum Gasteiger partial charge on any atom is -0.397 e. The maximum Gasteiger partial charge on any atom is 0.255 e. The van der Waals surface area contributed by atoms with Crippen LogP contribution in [-0.4, -0.2) is 18.1 Å². The lowest BCUT2D eigenvalue weighted by molar-refractivity contribution is 0.102. The molecule has 0 atom stereocenters. The first kappa shape index (κ1) is 23.4. The Hall–Kier alpha value is -2.24. The fourth-order valence-electron chi connectivity index (χ4n) is 2.94. The molecule has 164 valence electrons. The van der Waals surface area contributed by atoms with E-state index in [1.54, 1.807) is 11.3 Å². The molecule has 3 aromatic rings. The highest BCUT2D eigenvalue weighted by Crippen LogP contribution is 2.44. The second kappa shape index (κ2) is 10.9. The van der Waals surface area contributed by atoms with Crippen LogP contribution in [0.25, 0.3) is 10.4 Å². The number of amides is 1. The van der Waals surface area contributed by atoms with Gasteiger partial charge in [-0.25, -0.2) is 0 Å². The standard InChI is InChI=1S/C24H29N2O3PS/c1-16(2)28-30(29-17(3)4)15-18-7-9-19(10-8-18)24(27)26-22-14-20(11-12-21(22)25)23-6-5-13-31-23/h5-14,16-17H,15,25H2,1-4H3,(H,26,27). The largest absolute Gasteiger partial charge is 0.397 e. The van der Waals surface area contributed by atoms with Gasteiger partial charge in [0, 0.05) is 16.6 Å². The van der Waals surface area contributed by atoms with Gasteiger partial charge in [0.1, 0.15) is 0 Å². The molecule has 0 unspecified atom stereocenters. The number of hydrogen-bond donors (Lipinski definition) is 2. The van der Waals surface area contributed by atoms with Crippen LogP contribution < -0.4 is 11.1 Å². The number of carbonyl (C=O) groups is 1. The van der Waals surface area contributed by atoms with Gasteiger partial charge in [0.25, 0.3) is 5.91 Å². The summed E-state index contributed by atoms with van der Waals surface area (Å²) in [6.45, 7) is 8.02. The van der Waals surface area contributed by atoms with Gasteiger partial charge in [-0.05, 0) is 74.5 Å². The van der Waals surface area contributed by atoms with Crippen LogP contribution in [0.2, 0.25) is 0 Å². The molecule has 0 aliphatic heterocycles. The fraction of sp³-hybridized carbons (Fsp3) is 0.292. The smallest absolute Gasteiger partial charge is 0.255 e. The Balaban J connectivity index is 1.68. The zero-order chi connectivity index (χ0) is 22.4. The molecule has 2 aromatic carbocycles. The van der Waals surface area contributed by atoms with E-state index in [1.165, 1.54) is 0 Å². The molecular formula is C24H29N2O3PS. The maximum absolute atomic E-state index is 12.8. The van der Waals surface area contributed by atoms with E-state index in [1.807, 2.05) is 87.7 Å². The molecule has 0 aliphatic rings. The van der Waals surface area contributed by atoms with Crippen molar-refractivity contribution in [2.45, 2.75) is 46.1 Å². The molecule has 0 saturated carbocycles. The number of benzene rings is 2. The Morgan fingerprint density at radius 3 is 2.29 bits per heavy atom. The van der Waals surface area contributed by atoms with Crippen LogP contribution in [0.3, 0.4) is 0 Å². The van der Waals surface area contributed by atoms with E-state index in [0.29, 0.717) is 23.1 Å². The van der Waals surface area contributed by atoms with Crippen molar-refractivity contribution >= 4 is 37.0 Å². The van der Waals surface area contributed by atoms with E-state index in [-0.39, 0.29) is 18.1 Å². The molecule has 0 spiro atoms. The van der Waals surface area contributed by atoms with Crippen molar-refractivity contribution in [1.82, 2.24) is 0 Å². The second-order valence-electron chi connectivity index (χ2n) is 7.73. The lowest BCUT2D eigenvalue weighted by atomic mass is 10.1. The Morgan fingerprint density at radius 1 is 1.03 bits per heavy atom. The molecule has 0 aliphatic carbocycles. The van der Waals surface area contributed by atoms with Gasteiger partial charge in [-0.3, -0.25) is 4.79 Å². The Labute approximate surface area is 189 Å². The predicted molar refractivity (Wildman–Crippen MR) is 132 cm³/mol. The molecular weight excluding hydrogens is 427 g/mol. The minimum atomic E-state index is -1.02. The van der Waals surface area contributed by atoms with E-state index in [2.05, 4.69) is 5.32 Å². The third-order valence-corrected chi connectivity index (χ3v) is 7.15. The summed E-state index contributed by atoms with van der Waals surface area (Å²) >= 11 is 1.65. The highest BCUT2D eigenvalue weighted by Gasteiger charge is 2.16. The van der Waals surface area contributed by atoms with Gasteiger partial charge in [0.2, 0.25) is 0 Å². The summed E-state index contributed by atoms with van der Waals surface area (Å²) in [4.78, 5) is 13.9. The average Bonchev–Trinajstić information content (AvgIpc) is 3.24. The van der Waals surface area contributed by atoms with Gasteiger partial charge in [-0.1, -0.05) is 24.3 Å². The van der Waals surface area contributed by atoms with Crippen LogP contribution in [0.4, 0.5) is 11.4 Å². The van der Waals surface area contributed by atoms with Crippen molar-refractivity contribution in [1.29, 1.82) is 0 Å². The molecule has 1 amide bonds. The van der Waals surface area contributed by atoms with Crippen LogP contribution in [0.15, 0.2) is 60.0 Å². The monoisotopic (exact) mass is 456 g/mol. The maximum atomic E-state index is 12.8. The molecule has 0 bridgehead atoms. The molecule has 0 saturated heterocycles. The first-order chi connectivity index (χ1) is 14.8. The third kappa shape index (κ3) is 6.88. The minimum absolute atomic E-state index is 0.102. The summed E-state index contributed by atoms with van der Waals surface area (Å²) in [5.41, 5.74) is 9.91. The Kier molecular flexibility index (Phi) is 8.22. The molecule has 1 aromatic heterocycles. The quantitative estimate of drug-likeness (QED) is 0.271. The molecule has 1 heterocycles. The number of thiophene rings is 1. The SMILES string of the molecule is CC(C)OP(Cc1ccc(C(=O)Nc2cc(-c3cccs3)ccc2N)cc1)OC(C)C. The van der Waals surface area contributed by atoms with Crippen LogP contribution in [0.5, 0.6) is 0 Å². The third-order valence-electron chi connectivity index (χ3n) is 4.29. The zero-order valence-electron chi connectivity index (χ0n) is 18.3. The molecule has 3 N–H and O–H groups in total. The lowest BCUT2D eigenvalue weighted by Gasteiger charge is -2.22. The average molecular weight is 457 g/mol. The highest BCUT2D eigenvalue weighted by molar-refractivity contribution is 7.46. The molecule has 7 heteroatoms. The second-order valence-corrected chi connectivity index (χ2v) is 10.1. The van der Waals surface area contributed by atoms with E-state index in [0.717, 1.165) is 16.0 Å². The number of nitrogens with two attached hydrogens (primary N) is 1. The van der Waals surface area contributed by atoms with Crippen LogP contribution >= 0.6 is 19.7 Å². The first-order valence-electron chi connectivity index (χ1n) is 10.3. The highest BCUT2D eigenvalue weighted by atomic mass is 32.1. The van der Waals surface area contributed by atoms with Crippen molar-refractivity contribution in [2.24, 2.45) is 0 Å². The van der Waals surface area contributed by atoms with Crippen molar-refractivity contribution in [3.63, 3.8) is 0 Å². The van der Waals surface area contributed by atoms with Crippen LogP contribution in [0, 0.1) is 0 Å². The van der Waals surface area contributed by atoms with Crippen LogP contribution in [0.1, 0.15) is 43.6 Å². The molecule has 0 radical (unpaired) electrons. The summed E-state index contributed by atoms with van der Waals surface area (Å²) in [6, 6.07) is 17.3. The predicted octanol–water partition coefficient (Wildman–Crippen LogP) is 6.91. The lowest BCUT2D eigenvalue weighted by Crippen LogP contribution is -2.13. The van der Waals surface area contributed by atoms with Gasteiger partial charge >= 0.3 is 0 Å². The zero-order valence-corrected chi connectivity index (χ0v) is 20.0. The van der Waals surface area contributed by atoms with E-state index >= 15 is 0 Å². The summed E-state index contributed by atoms with van der Waals surface area (Å²) in [7, 11) is -1.02. The number of nitrogens with one attached hydrogen (secondary N) is 1. The summed E-state index contributed by atoms with van der Waals surface area (Å²) in [5.74, 6) is -0.194. The Bertz CT molecular complexity index is 979. The molecule has 5 nitrogen and oxygen atoms in total. The van der Waals surface area contributed by atoms with Crippen molar-refractivity contribution in [3.8, 4) is 10.4 Å². The van der Waals surface area contributed by atoms with Crippen molar-refractivity contribution in [3.05, 3.63) is 71.1 Å². The van der Waals surface area contributed by atoms with Gasteiger partial charge in [0.15, 0.2) is 8.38 Å². The van der Waals surface area contributed by atoms with Crippen molar-refractivity contribution in [2.75, 3.05) is 11.1 Å². The van der Waals surface area contributed by atoms with Gasteiger partial charge in [-0.15, -0.1) is 11.3 Å². The van der Waals surface area contributed by atoms with Gasteiger partial charge in [0.05, 0.1) is 23.6 Å². The summed E-state index contributed by atoms with van der Waals surface area (Å²) < 4.78 is 11.9. The number of carbonyl (C=O) groups excluding carboxylic acids is 1. The number of anilines is 2. The molecule has 0 fully saturated rings. The van der Waals surface area contributed by atoms with Gasteiger partial charge in [-0.2, -0.15) is 0 Å². The topological polar surface area (TPSA) is 73.6 Å². The Morgan fingerprint density at radius 2 is 1.71 bits per heavy atom. The van der Waals surface area contributed by atoms with E-state index < -0.39 is 8.38 Å². The normalized spacial score (nSPS) is 11.5. The molecule has 3 rings (SSSR count). The van der Waals surface area contributed by atoms with Crippen LogP contribution in [-0.2, 0) is 15.2 Å². The van der Waals surface area contributed by atoms with Crippen molar-refractivity contribution < 1.29 is 13.8 Å². The van der Waals surface area contributed by atoms with E-state index in [9.17, 15) is 4.79 Å². The molecule has 31 heavy (non-hydrogen) atoms. The first-order valence-corrected chi connectivity index (χ1v) is 12.5. The summed E-state index contributed by atoms with van der Waals surface area (Å²) in [5, 5.41) is 4.96. The van der Waals surface area contributed by atoms with Gasteiger partial charge < -0.3 is 20.1 Å². The number of hydrogen-bond acceptors (Lipinski definition) is 5. The number of nitrogen functional groups attached to an aromatic ring is 1. The number of rotatable bonds is 9.